The van der Waals surface area contributed by atoms with E-state index in [1.165, 1.54) is 12.0 Å². The predicted octanol–water partition coefficient (Wildman–Crippen LogP) is 4.92. The summed E-state index contributed by atoms with van der Waals surface area (Å²) in [6.07, 6.45) is 6.81. The standard InChI is InChI=1S/C26H36N2O4S/c1-17-5-6-20(16-28-17)15-27-12-9-22-23(25(29)30-4)19(3)24(33-22)18(2)21-7-10-26(11-8-21)31-13-14-32-26/h5-6,16,18,21,27H,7-15H2,1-4H3. The average molecular weight is 473 g/mol. The Kier molecular flexibility index (Phi) is 7.84. The zero-order valence-electron chi connectivity index (χ0n) is 20.2. The van der Waals surface area contributed by atoms with Gasteiger partial charge >= 0.3 is 5.97 Å². The van der Waals surface area contributed by atoms with E-state index in [0.717, 1.165) is 72.5 Å². The summed E-state index contributed by atoms with van der Waals surface area (Å²) in [4.78, 5) is 19.4. The quantitative estimate of drug-likeness (QED) is 0.435. The van der Waals surface area contributed by atoms with E-state index in [1.807, 2.05) is 19.2 Å². The summed E-state index contributed by atoms with van der Waals surface area (Å²) in [7, 11) is 1.47. The lowest BCUT2D eigenvalue weighted by atomic mass is 9.77. The van der Waals surface area contributed by atoms with E-state index in [4.69, 9.17) is 14.2 Å². The van der Waals surface area contributed by atoms with Crippen molar-refractivity contribution >= 4 is 17.3 Å². The van der Waals surface area contributed by atoms with E-state index >= 15 is 0 Å². The van der Waals surface area contributed by atoms with E-state index in [2.05, 4.69) is 30.2 Å². The number of hydrogen-bond donors (Lipinski definition) is 1. The van der Waals surface area contributed by atoms with Gasteiger partial charge in [0.1, 0.15) is 0 Å². The van der Waals surface area contributed by atoms with E-state index in [-0.39, 0.29) is 11.8 Å². The van der Waals surface area contributed by atoms with Crippen LogP contribution in [-0.4, -0.2) is 43.6 Å². The van der Waals surface area contributed by atoms with Gasteiger partial charge < -0.3 is 19.5 Å². The van der Waals surface area contributed by atoms with Crippen molar-refractivity contribution in [3.05, 3.63) is 50.5 Å². The van der Waals surface area contributed by atoms with Crippen LogP contribution in [-0.2, 0) is 27.2 Å². The molecule has 0 amide bonds. The van der Waals surface area contributed by atoms with Gasteiger partial charge in [0, 0.05) is 47.6 Å². The third kappa shape index (κ3) is 5.48. The number of rotatable bonds is 8. The first kappa shape index (κ1) is 24.3. The van der Waals surface area contributed by atoms with Crippen LogP contribution in [0.5, 0.6) is 0 Å². The summed E-state index contributed by atoms with van der Waals surface area (Å²) in [5, 5.41) is 3.49. The van der Waals surface area contributed by atoms with Gasteiger partial charge in [-0.2, -0.15) is 0 Å². The molecule has 3 heterocycles. The van der Waals surface area contributed by atoms with Crippen LogP contribution in [0.3, 0.4) is 0 Å². The molecule has 1 N–H and O–H groups in total. The lowest BCUT2D eigenvalue weighted by Crippen LogP contribution is -2.36. The van der Waals surface area contributed by atoms with Crippen molar-refractivity contribution in [3.8, 4) is 0 Å². The number of carbonyl (C=O) groups is 1. The molecule has 1 saturated carbocycles. The maximum atomic E-state index is 12.6. The molecule has 1 spiro atoms. The fourth-order valence-electron chi connectivity index (χ4n) is 5.19. The number of aryl methyl sites for hydroxylation is 1. The van der Waals surface area contributed by atoms with Crippen LogP contribution in [0.25, 0.3) is 0 Å². The molecule has 2 aromatic heterocycles. The Bertz CT molecular complexity index is 940. The summed E-state index contributed by atoms with van der Waals surface area (Å²) >= 11 is 1.79. The topological polar surface area (TPSA) is 69.7 Å². The van der Waals surface area contributed by atoms with Gasteiger partial charge in [-0.15, -0.1) is 11.3 Å². The minimum absolute atomic E-state index is 0.227. The molecule has 1 atom stereocenters. The van der Waals surface area contributed by atoms with Crippen molar-refractivity contribution in [2.24, 2.45) is 5.92 Å². The maximum Gasteiger partial charge on any atom is 0.339 e. The van der Waals surface area contributed by atoms with E-state index in [1.54, 1.807) is 11.3 Å². The Morgan fingerprint density at radius 3 is 2.64 bits per heavy atom. The Morgan fingerprint density at radius 1 is 1.27 bits per heavy atom. The zero-order valence-corrected chi connectivity index (χ0v) is 21.1. The molecule has 1 aliphatic carbocycles. The first-order valence-electron chi connectivity index (χ1n) is 12.0. The molecular formula is C26H36N2O4S. The SMILES string of the molecule is COC(=O)c1c(CCNCc2ccc(C)nc2)sc(C(C)C2CCC3(CC2)OCCO3)c1C. The first-order valence-corrected chi connectivity index (χ1v) is 12.8. The van der Waals surface area contributed by atoms with Crippen molar-refractivity contribution < 1.29 is 19.0 Å². The summed E-state index contributed by atoms with van der Waals surface area (Å²) in [5.74, 6) is 0.417. The van der Waals surface area contributed by atoms with Gasteiger partial charge in [-0.1, -0.05) is 13.0 Å². The van der Waals surface area contributed by atoms with Gasteiger partial charge in [0.05, 0.1) is 25.9 Å². The molecular weight excluding hydrogens is 436 g/mol. The van der Waals surface area contributed by atoms with E-state index in [9.17, 15) is 4.79 Å². The molecule has 0 aromatic carbocycles. The molecule has 0 bridgehead atoms. The molecule has 180 valence electrons. The highest BCUT2D eigenvalue weighted by Crippen LogP contribution is 2.46. The number of nitrogens with one attached hydrogen (secondary N) is 1. The number of ether oxygens (including phenoxy) is 3. The number of pyridine rings is 1. The van der Waals surface area contributed by atoms with E-state index in [0.29, 0.717) is 25.0 Å². The molecule has 6 nitrogen and oxygen atoms in total. The number of thiophene rings is 1. The molecule has 1 unspecified atom stereocenters. The van der Waals surface area contributed by atoms with Crippen molar-refractivity contribution in [1.29, 1.82) is 0 Å². The molecule has 1 aliphatic heterocycles. The average Bonchev–Trinajstić information content (AvgIpc) is 3.41. The van der Waals surface area contributed by atoms with Gasteiger partial charge in [0.15, 0.2) is 5.79 Å². The molecule has 2 aromatic rings. The number of esters is 1. The number of nitrogens with zero attached hydrogens (tertiary/aromatic N) is 1. The largest absolute Gasteiger partial charge is 0.465 e. The lowest BCUT2D eigenvalue weighted by Gasteiger charge is -2.37. The highest BCUT2D eigenvalue weighted by molar-refractivity contribution is 7.12. The number of aromatic nitrogens is 1. The lowest BCUT2D eigenvalue weighted by molar-refractivity contribution is -0.183. The highest BCUT2D eigenvalue weighted by atomic mass is 32.1. The summed E-state index contributed by atoms with van der Waals surface area (Å²) < 4.78 is 17.0. The number of methoxy groups -OCH3 is 1. The van der Waals surface area contributed by atoms with Gasteiger partial charge in [-0.05, 0) is 62.1 Å². The molecule has 0 radical (unpaired) electrons. The molecule has 1 saturated heterocycles. The van der Waals surface area contributed by atoms with Crippen LogP contribution in [0.4, 0.5) is 0 Å². The van der Waals surface area contributed by atoms with Crippen LogP contribution in [0, 0.1) is 19.8 Å². The van der Waals surface area contributed by atoms with E-state index < -0.39 is 0 Å². The second-order valence-corrected chi connectivity index (χ2v) is 10.5. The number of carbonyl (C=O) groups excluding carboxylic acids is 1. The highest BCUT2D eigenvalue weighted by Gasteiger charge is 2.42. The van der Waals surface area contributed by atoms with Crippen molar-refractivity contribution in [1.82, 2.24) is 10.3 Å². The minimum Gasteiger partial charge on any atom is -0.465 e. The Morgan fingerprint density at radius 2 is 2.00 bits per heavy atom. The van der Waals surface area contributed by atoms with Crippen LogP contribution < -0.4 is 5.32 Å². The second-order valence-electron chi connectivity index (χ2n) is 9.35. The van der Waals surface area contributed by atoms with Crippen molar-refractivity contribution in [2.45, 2.75) is 71.1 Å². The monoisotopic (exact) mass is 472 g/mol. The summed E-state index contributed by atoms with van der Waals surface area (Å²) in [6.45, 7) is 9.37. The van der Waals surface area contributed by atoms with Gasteiger partial charge in [-0.3, -0.25) is 4.98 Å². The van der Waals surface area contributed by atoms with Gasteiger partial charge in [0.2, 0.25) is 0 Å². The molecule has 2 fully saturated rings. The van der Waals surface area contributed by atoms with Crippen molar-refractivity contribution in [2.75, 3.05) is 26.9 Å². The number of hydrogen-bond acceptors (Lipinski definition) is 7. The van der Waals surface area contributed by atoms with Crippen LogP contribution in [0.2, 0.25) is 0 Å². The fourth-order valence-corrected chi connectivity index (χ4v) is 6.63. The Hall–Kier alpha value is -1.80. The Balaban J connectivity index is 1.41. The summed E-state index contributed by atoms with van der Waals surface area (Å²) in [6, 6.07) is 4.13. The normalized spacial score (nSPS) is 19.2. The van der Waals surface area contributed by atoms with Gasteiger partial charge in [-0.25, -0.2) is 4.79 Å². The Labute approximate surface area is 201 Å². The molecule has 7 heteroatoms. The van der Waals surface area contributed by atoms with Crippen LogP contribution >= 0.6 is 11.3 Å². The smallest absolute Gasteiger partial charge is 0.339 e. The van der Waals surface area contributed by atoms with Crippen LogP contribution in [0.15, 0.2) is 18.3 Å². The maximum absolute atomic E-state index is 12.6. The predicted molar refractivity (Wildman–Crippen MR) is 130 cm³/mol. The minimum atomic E-state index is -0.332. The first-order chi connectivity index (χ1) is 15.9. The molecule has 33 heavy (non-hydrogen) atoms. The third-order valence-electron chi connectivity index (χ3n) is 7.20. The second kappa shape index (κ2) is 10.6. The third-order valence-corrected chi connectivity index (χ3v) is 8.76. The van der Waals surface area contributed by atoms with Crippen molar-refractivity contribution in [3.63, 3.8) is 0 Å². The van der Waals surface area contributed by atoms with Crippen LogP contribution in [0.1, 0.15) is 75.5 Å². The fraction of sp³-hybridized carbons (Fsp3) is 0.615. The van der Waals surface area contributed by atoms with Gasteiger partial charge in [0.25, 0.3) is 0 Å². The summed E-state index contributed by atoms with van der Waals surface area (Å²) in [5.41, 5.74) is 4.04. The molecule has 4 rings (SSSR count). The molecule has 2 aliphatic rings. The zero-order chi connectivity index (χ0) is 23.4.